The van der Waals surface area contributed by atoms with Crippen LogP contribution in [0.15, 0.2) is 23.7 Å². The van der Waals surface area contributed by atoms with Gasteiger partial charge < -0.3 is 11.5 Å². The van der Waals surface area contributed by atoms with Crippen LogP contribution in [-0.4, -0.2) is 15.8 Å². The van der Waals surface area contributed by atoms with Crippen LogP contribution in [0, 0.1) is 0 Å². The molecule has 0 fully saturated rings. The number of ketones is 1. The first-order valence-corrected chi connectivity index (χ1v) is 5.95. The molecular formula is C11H12N4OS. The van der Waals surface area contributed by atoms with E-state index in [1.54, 1.807) is 23.7 Å². The van der Waals surface area contributed by atoms with Gasteiger partial charge in [-0.1, -0.05) is 6.07 Å². The summed E-state index contributed by atoms with van der Waals surface area (Å²) >= 11 is 1.39. The fourth-order valence-electron chi connectivity index (χ4n) is 1.40. The van der Waals surface area contributed by atoms with Crippen LogP contribution in [0.5, 0.6) is 0 Å². The van der Waals surface area contributed by atoms with Gasteiger partial charge >= 0.3 is 0 Å². The molecule has 6 heteroatoms. The molecule has 0 spiro atoms. The molecule has 2 aromatic heterocycles. The third-order valence-electron chi connectivity index (χ3n) is 2.29. The molecule has 0 bridgehead atoms. The third-order valence-corrected chi connectivity index (χ3v) is 3.16. The van der Waals surface area contributed by atoms with E-state index in [0.717, 1.165) is 10.6 Å². The Bertz CT molecular complexity index is 538. The van der Waals surface area contributed by atoms with Gasteiger partial charge in [-0.2, -0.15) is 0 Å². The van der Waals surface area contributed by atoms with Crippen molar-refractivity contribution in [3.05, 3.63) is 40.0 Å². The second-order valence-corrected chi connectivity index (χ2v) is 4.42. The predicted octanol–water partition coefficient (Wildman–Crippen LogP) is 1.00. The second-order valence-electron chi connectivity index (χ2n) is 3.48. The highest BCUT2D eigenvalue weighted by Crippen LogP contribution is 2.14. The summed E-state index contributed by atoms with van der Waals surface area (Å²) in [6, 6.07) is 3.54. The van der Waals surface area contributed by atoms with Gasteiger partial charge in [0.05, 0.1) is 0 Å². The first-order chi connectivity index (χ1) is 8.20. The minimum absolute atomic E-state index is 0.0688. The van der Waals surface area contributed by atoms with E-state index >= 15 is 0 Å². The van der Waals surface area contributed by atoms with Crippen molar-refractivity contribution < 1.29 is 4.79 Å². The molecule has 2 aromatic rings. The molecular weight excluding hydrogens is 236 g/mol. The lowest BCUT2D eigenvalue weighted by Gasteiger charge is -2.01. The topological polar surface area (TPSA) is 94.9 Å². The van der Waals surface area contributed by atoms with Gasteiger partial charge in [-0.25, -0.2) is 9.97 Å². The maximum atomic E-state index is 11.9. The number of Topliss-reactive ketones (excluding diaryl/α,β-unsaturated/α-hetero) is 1. The summed E-state index contributed by atoms with van der Waals surface area (Å²) in [5, 5.41) is 2.48. The van der Waals surface area contributed by atoms with E-state index in [1.165, 1.54) is 11.3 Å². The van der Waals surface area contributed by atoms with Gasteiger partial charge in [0.1, 0.15) is 16.5 Å². The first kappa shape index (κ1) is 11.7. The number of carbonyl (C=O) groups excluding carboxylic acids is 1. The van der Waals surface area contributed by atoms with Gasteiger partial charge in [-0.15, -0.1) is 11.3 Å². The zero-order chi connectivity index (χ0) is 12.3. The van der Waals surface area contributed by atoms with Crippen molar-refractivity contribution in [1.82, 2.24) is 9.97 Å². The fourth-order valence-corrected chi connectivity index (χ4v) is 2.08. The van der Waals surface area contributed by atoms with Crippen LogP contribution in [0.4, 0.5) is 5.82 Å². The molecule has 0 amide bonds. The molecule has 0 aliphatic carbocycles. The first-order valence-electron chi connectivity index (χ1n) is 5.07. The smallest absolute Gasteiger partial charge is 0.186 e. The number of carbonyl (C=O) groups is 1. The molecule has 2 rings (SSSR count). The van der Waals surface area contributed by atoms with E-state index in [4.69, 9.17) is 11.5 Å². The minimum Gasteiger partial charge on any atom is -0.383 e. The molecule has 88 valence electrons. The average Bonchev–Trinajstić information content (AvgIpc) is 2.81. The van der Waals surface area contributed by atoms with Crippen LogP contribution < -0.4 is 11.5 Å². The Balaban J connectivity index is 2.14. The molecule has 0 saturated heterocycles. The largest absolute Gasteiger partial charge is 0.383 e. The van der Waals surface area contributed by atoms with E-state index < -0.39 is 0 Å². The maximum absolute atomic E-state index is 11.9. The van der Waals surface area contributed by atoms with E-state index in [0.29, 0.717) is 18.1 Å². The number of pyridine rings is 1. The fraction of sp³-hybridized carbons (Fsp3) is 0.182. The Labute approximate surface area is 103 Å². The highest BCUT2D eigenvalue weighted by Gasteiger charge is 2.12. The van der Waals surface area contributed by atoms with Gasteiger partial charge in [0.25, 0.3) is 0 Å². The molecule has 0 saturated carbocycles. The number of nitrogen functional groups attached to an aromatic ring is 1. The highest BCUT2D eigenvalue weighted by atomic mass is 32.1. The van der Waals surface area contributed by atoms with E-state index in [9.17, 15) is 4.79 Å². The van der Waals surface area contributed by atoms with Crippen molar-refractivity contribution in [2.45, 2.75) is 13.0 Å². The zero-order valence-electron chi connectivity index (χ0n) is 9.09. The van der Waals surface area contributed by atoms with Crippen molar-refractivity contribution in [1.29, 1.82) is 0 Å². The number of thiazole rings is 1. The standard InChI is InChI=1S/C11H12N4OS/c12-5-10-15-8(6-17-10)9(16)4-7-2-1-3-14-11(7)13/h1-3,6H,4-5,12H2,(H2,13,14). The zero-order valence-corrected chi connectivity index (χ0v) is 9.91. The summed E-state index contributed by atoms with van der Waals surface area (Å²) in [4.78, 5) is 20.0. The van der Waals surface area contributed by atoms with Crippen LogP contribution >= 0.6 is 11.3 Å². The van der Waals surface area contributed by atoms with Crippen molar-refractivity contribution in [2.24, 2.45) is 5.73 Å². The lowest BCUT2D eigenvalue weighted by atomic mass is 10.1. The maximum Gasteiger partial charge on any atom is 0.186 e. The number of aromatic nitrogens is 2. The van der Waals surface area contributed by atoms with Gasteiger partial charge in [-0.3, -0.25) is 4.79 Å². The van der Waals surface area contributed by atoms with Crippen LogP contribution in [0.3, 0.4) is 0 Å². The number of rotatable bonds is 4. The molecule has 4 N–H and O–H groups in total. The van der Waals surface area contributed by atoms with Crippen molar-refractivity contribution in [3.8, 4) is 0 Å². The molecule has 17 heavy (non-hydrogen) atoms. The number of hydrogen-bond acceptors (Lipinski definition) is 6. The van der Waals surface area contributed by atoms with Crippen molar-refractivity contribution in [2.75, 3.05) is 5.73 Å². The van der Waals surface area contributed by atoms with Gasteiger partial charge in [0, 0.05) is 30.1 Å². The molecule has 0 atom stereocenters. The Morgan fingerprint density at radius 1 is 1.47 bits per heavy atom. The lowest BCUT2D eigenvalue weighted by molar-refractivity contribution is 0.0989. The summed E-state index contributed by atoms with van der Waals surface area (Å²) in [7, 11) is 0. The highest BCUT2D eigenvalue weighted by molar-refractivity contribution is 7.09. The van der Waals surface area contributed by atoms with Gasteiger partial charge in [-0.05, 0) is 6.07 Å². The third kappa shape index (κ3) is 2.66. The molecule has 0 aliphatic heterocycles. The Morgan fingerprint density at radius 3 is 2.94 bits per heavy atom. The summed E-state index contributed by atoms with van der Waals surface area (Å²) in [6.45, 7) is 0.354. The van der Waals surface area contributed by atoms with Crippen molar-refractivity contribution in [3.63, 3.8) is 0 Å². The number of anilines is 1. The van der Waals surface area contributed by atoms with Crippen LogP contribution in [0.2, 0.25) is 0 Å². The van der Waals surface area contributed by atoms with Gasteiger partial charge in [0.2, 0.25) is 0 Å². The normalized spacial score (nSPS) is 10.4. The second kappa shape index (κ2) is 5.03. The summed E-state index contributed by atoms with van der Waals surface area (Å²) in [6.07, 6.45) is 1.81. The van der Waals surface area contributed by atoms with E-state index in [2.05, 4.69) is 9.97 Å². The Hall–Kier alpha value is -1.79. The van der Waals surface area contributed by atoms with Crippen LogP contribution in [0.1, 0.15) is 21.1 Å². The van der Waals surface area contributed by atoms with E-state index in [-0.39, 0.29) is 12.2 Å². The average molecular weight is 248 g/mol. The molecule has 0 radical (unpaired) electrons. The Kier molecular flexibility index (Phi) is 3.46. The number of nitrogens with two attached hydrogens (primary N) is 2. The molecule has 0 aromatic carbocycles. The Morgan fingerprint density at radius 2 is 2.29 bits per heavy atom. The molecule has 0 aliphatic rings. The van der Waals surface area contributed by atoms with Crippen LogP contribution in [0.25, 0.3) is 0 Å². The quantitative estimate of drug-likeness (QED) is 0.787. The molecule has 2 heterocycles. The van der Waals surface area contributed by atoms with Gasteiger partial charge in [0.15, 0.2) is 5.78 Å². The SMILES string of the molecule is NCc1nc(C(=O)Cc2cccnc2N)cs1. The summed E-state index contributed by atoms with van der Waals surface area (Å²) in [5.74, 6) is 0.316. The molecule has 5 nitrogen and oxygen atoms in total. The predicted molar refractivity (Wildman–Crippen MR) is 66.7 cm³/mol. The molecule has 0 unspecified atom stereocenters. The summed E-state index contributed by atoms with van der Waals surface area (Å²) < 4.78 is 0. The van der Waals surface area contributed by atoms with Crippen molar-refractivity contribution >= 4 is 22.9 Å². The van der Waals surface area contributed by atoms with E-state index in [1.807, 2.05) is 0 Å². The van der Waals surface area contributed by atoms with Crippen LogP contribution in [-0.2, 0) is 13.0 Å². The number of hydrogen-bond donors (Lipinski definition) is 2. The minimum atomic E-state index is -0.0688. The number of nitrogens with zero attached hydrogens (tertiary/aromatic N) is 2. The monoisotopic (exact) mass is 248 g/mol. The summed E-state index contributed by atoms with van der Waals surface area (Å²) in [5.41, 5.74) is 12.3. The lowest BCUT2D eigenvalue weighted by Crippen LogP contribution is -2.07.